The molecule has 13 heteroatoms. The zero-order valence-corrected chi connectivity index (χ0v) is 15.3. The molecule has 0 atom stereocenters. The summed E-state index contributed by atoms with van der Waals surface area (Å²) in [6.45, 7) is 5.23. The summed E-state index contributed by atoms with van der Waals surface area (Å²) in [5.74, 6) is 0. The summed E-state index contributed by atoms with van der Waals surface area (Å²) in [5.41, 5.74) is 0. The number of hydrogen-bond acceptors (Lipinski definition) is 1. The summed E-state index contributed by atoms with van der Waals surface area (Å²) in [7, 11) is 17.9. The van der Waals surface area contributed by atoms with E-state index in [1.165, 1.54) is 18.6 Å². The summed E-state index contributed by atoms with van der Waals surface area (Å²) >= 11 is 4.70. The first-order valence-corrected chi connectivity index (χ1v) is 17.2. The molecule has 0 rings (SSSR count). The molecular formula is BS12. The molecule has 0 aromatic rings. The van der Waals surface area contributed by atoms with Gasteiger partial charge in [-0.25, -0.2) is 0 Å². The van der Waals surface area contributed by atoms with Gasteiger partial charge in [-0.1, -0.05) is 0 Å². The van der Waals surface area contributed by atoms with E-state index in [1.54, 1.807) is 79.9 Å². The van der Waals surface area contributed by atoms with Crippen molar-refractivity contribution >= 4 is 116 Å². The molecule has 1 radical (unpaired) electrons. The molecule has 0 aromatic heterocycles. The maximum atomic E-state index is 5.23. The van der Waals surface area contributed by atoms with Gasteiger partial charge in [0.1, 0.15) is 0 Å². The van der Waals surface area contributed by atoms with Crippen molar-refractivity contribution in [3.8, 4) is 0 Å². The molecule has 0 heterocycles. The number of rotatable bonds is 0. The van der Waals surface area contributed by atoms with E-state index in [9.17, 15) is 0 Å². The third-order valence-corrected chi connectivity index (χ3v) is 21.3. The van der Waals surface area contributed by atoms with Crippen molar-refractivity contribution in [2.45, 2.75) is 0 Å². The van der Waals surface area contributed by atoms with E-state index in [0.717, 1.165) is 0 Å². The predicted molar refractivity (Wildman–Crippen MR) is 94.1 cm³/mol. The van der Waals surface area contributed by atoms with Crippen molar-refractivity contribution in [2.24, 2.45) is 0 Å². The molecule has 0 aliphatic carbocycles. The third-order valence-electron chi connectivity index (χ3n) is 0.289. The van der Waals surface area contributed by atoms with Gasteiger partial charge < -0.3 is 0 Å². The van der Waals surface area contributed by atoms with E-state index in [-0.39, 0.29) is 0 Å². The SMILES string of the molecule is [B]=S=S=S=S=S=S=S=S=S=S=S=S. The fraction of sp³-hybridized carbons (Fsp3) is 0. The van der Waals surface area contributed by atoms with Crippen LogP contribution in [0, 0.1) is 0 Å². The van der Waals surface area contributed by atoms with Crippen LogP contribution in [0.5, 0.6) is 0 Å². The van der Waals surface area contributed by atoms with Gasteiger partial charge in [0.2, 0.25) is 0 Å². The van der Waals surface area contributed by atoms with E-state index in [1.807, 2.05) is 0 Å². The van der Waals surface area contributed by atoms with Crippen molar-refractivity contribution in [1.82, 2.24) is 0 Å². The van der Waals surface area contributed by atoms with Gasteiger partial charge in [0.05, 0.1) is 0 Å². The Morgan fingerprint density at radius 2 is 1.00 bits per heavy atom. The molecule has 13 heavy (non-hydrogen) atoms. The Balaban J connectivity index is 5.52. The van der Waals surface area contributed by atoms with Crippen LogP contribution in [-0.2, 0) is 110 Å². The first-order chi connectivity index (χ1) is 6.41. The van der Waals surface area contributed by atoms with Crippen molar-refractivity contribution in [1.29, 1.82) is 0 Å². The van der Waals surface area contributed by atoms with Crippen molar-refractivity contribution < 1.29 is 0 Å². The van der Waals surface area contributed by atoms with Crippen LogP contribution in [0.2, 0.25) is 0 Å². The van der Waals surface area contributed by atoms with Gasteiger partial charge in [-0.05, 0) is 0 Å². The second-order valence-corrected chi connectivity index (χ2v) is 19.2. The molecule has 0 aromatic carbocycles. The van der Waals surface area contributed by atoms with Crippen molar-refractivity contribution in [3.63, 3.8) is 0 Å². The van der Waals surface area contributed by atoms with E-state index in [0.29, 0.717) is 0 Å². The Labute approximate surface area is 114 Å². The van der Waals surface area contributed by atoms with Crippen LogP contribution in [0.25, 0.3) is 0 Å². The summed E-state index contributed by atoms with van der Waals surface area (Å²) in [4.78, 5) is 0. The first kappa shape index (κ1) is 15.7. The predicted octanol–water partition coefficient (Wildman–Crippen LogP) is -0.410. The fourth-order valence-corrected chi connectivity index (χ4v) is 23.3. The molecule has 0 aliphatic heterocycles. The molecule has 0 N–H and O–H groups in total. The average Bonchev–Trinajstić information content (AvgIpc) is 2.16. The van der Waals surface area contributed by atoms with Gasteiger partial charge in [-0.15, -0.1) is 0 Å². The van der Waals surface area contributed by atoms with Crippen LogP contribution in [0.3, 0.4) is 0 Å². The normalized spacial score (nSPS) is 7.00. The molecule has 0 saturated heterocycles. The van der Waals surface area contributed by atoms with Crippen LogP contribution < -0.4 is 0 Å². The Morgan fingerprint density at radius 3 is 1.38 bits per heavy atom. The second kappa shape index (κ2) is 14.7. The second-order valence-electron chi connectivity index (χ2n) is 0.777. The Bertz CT molecular complexity index is 516. The molecule has 0 amide bonds. The van der Waals surface area contributed by atoms with E-state index in [4.69, 9.17) is 17.9 Å². The third kappa shape index (κ3) is 14.7. The summed E-state index contributed by atoms with van der Waals surface area (Å²) < 4.78 is 0. The van der Waals surface area contributed by atoms with Gasteiger partial charge in [-0.3, -0.25) is 0 Å². The molecule has 0 bridgehead atoms. The molecular weight excluding hydrogens is 396 g/mol. The van der Waals surface area contributed by atoms with Crippen molar-refractivity contribution in [3.05, 3.63) is 0 Å². The summed E-state index contributed by atoms with van der Waals surface area (Å²) in [6.07, 6.45) is 0. The first-order valence-electron chi connectivity index (χ1n) is 2.07. The van der Waals surface area contributed by atoms with Gasteiger partial charge in [0.25, 0.3) is 0 Å². The Morgan fingerprint density at radius 1 is 0.615 bits per heavy atom. The van der Waals surface area contributed by atoms with E-state index in [2.05, 4.69) is 0 Å². The van der Waals surface area contributed by atoms with Crippen molar-refractivity contribution in [2.75, 3.05) is 0 Å². The van der Waals surface area contributed by atoms with E-state index >= 15 is 0 Å². The Hall–Kier alpha value is 2.70. The molecule has 0 saturated carbocycles. The molecule has 0 nitrogen and oxygen atoms in total. The van der Waals surface area contributed by atoms with E-state index < -0.39 is 0 Å². The topological polar surface area (TPSA) is 0 Å². The minimum atomic E-state index is 1.28. The summed E-state index contributed by atoms with van der Waals surface area (Å²) in [5, 5.41) is 0. The molecule has 0 aliphatic rings. The molecule has 75 valence electrons. The molecule has 0 spiro atoms. The molecule has 0 fully saturated rings. The van der Waals surface area contributed by atoms with Gasteiger partial charge in [-0.2, -0.15) is 0 Å². The monoisotopic (exact) mass is 395 g/mol. The minimum absolute atomic E-state index is 1.28. The van der Waals surface area contributed by atoms with Crippen LogP contribution in [0.1, 0.15) is 0 Å². The van der Waals surface area contributed by atoms with Crippen LogP contribution in [0.15, 0.2) is 0 Å². The van der Waals surface area contributed by atoms with Gasteiger partial charge >= 0.3 is 116 Å². The van der Waals surface area contributed by atoms with Crippen LogP contribution in [-0.4, -0.2) is 6.72 Å². The van der Waals surface area contributed by atoms with Crippen LogP contribution >= 0.6 is 0 Å². The summed E-state index contributed by atoms with van der Waals surface area (Å²) in [6, 6.07) is 0. The zero-order valence-electron chi connectivity index (χ0n) is 5.48. The zero-order chi connectivity index (χ0) is 9.78. The standard InChI is InChI=1S/BS12/c1-3-5-7-9-11-13-12-10-8-6-4-2. The molecule has 0 unspecified atom stereocenters. The average molecular weight is 396 g/mol. The number of hydrogen-bond donors (Lipinski definition) is 0. The van der Waals surface area contributed by atoms with Gasteiger partial charge in [0, 0.05) is 0 Å². The van der Waals surface area contributed by atoms with Gasteiger partial charge in [0.15, 0.2) is 0 Å². The van der Waals surface area contributed by atoms with Crippen LogP contribution in [0.4, 0.5) is 0 Å². The fourth-order valence-electron chi connectivity index (χ4n) is 0.107. The maximum absolute atomic E-state index is 5.23. The quantitative estimate of drug-likeness (QED) is 0.503. The Kier molecular flexibility index (Phi) is 17.8.